The average Bonchev–Trinajstić information content (AvgIpc) is 3.08. The second-order valence-electron chi connectivity index (χ2n) is 6.90. The van der Waals surface area contributed by atoms with Crippen molar-refractivity contribution in [3.8, 4) is 0 Å². The average molecular weight is 426 g/mol. The second kappa shape index (κ2) is 7.67. The van der Waals surface area contributed by atoms with E-state index in [1.54, 1.807) is 30.5 Å². The largest absolute Gasteiger partial charge is 0.375 e. The molecule has 4 rings (SSSR count). The SMILES string of the molecule is Cc1nc2c(NC(=O)Cc3csc(N)n3)cccc2c(=O)n1C1CCC(=O)NC1=O. The van der Waals surface area contributed by atoms with E-state index in [9.17, 15) is 19.2 Å². The highest BCUT2D eigenvalue weighted by molar-refractivity contribution is 7.13. The van der Waals surface area contributed by atoms with Crippen molar-refractivity contribution < 1.29 is 14.4 Å². The molecule has 3 amide bonds. The number of fused-ring (bicyclic) bond motifs is 1. The van der Waals surface area contributed by atoms with E-state index in [0.29, 0.717) is 27.9 Å². The van der Waals surface area contributed by atoms with Crippen LogP contribution in [0.5, 0.6) is 0 Å². The molecule has 1 saturated heterocycles. The highest BCUT2D eigenvalue weighted by Gasteiger charge is 2.30. The number of aromatic nitrogens is 3. The molecule has 1 aromatic carbocycles. The number of thiazole rings is 1. The number of nitrogens with one attached hydrogen (secondary N) is 2. The summed E-state index contributed by atoms with van der Waals surface area (Å²) in [4.78, 5) is 57.8. The van der Waals surface area contributed by atoms with Gasteiger partial charge in [0.25, 0.3) is 5.56 Å². The summed E-state index contributed by atoms with van der Waals surface area (Å²) in [6, 6.07) is 4.06. The standard InChI is InChI=1S/C19H18N6O4S/c1-9-21-16-11(18(29)25(9)13-5-6-14(26)24-17(13)28)3-2-4-12(16)23-15(27)7-10-8-30-19(20)22-10/h2-4,8,13H,5-7H2,1H3,(H2,20,22)(H,23,27)(H,24,26,28). The smallest absolute Gasteiger partial charge is 0.262 e. The van der Waals surface area contributed by atoms with Crippen LogP contribution in [-0.4, -0.2) is 32.3 Å². The number of rotatable bonds is 4. The molecule has 30 heavy (non-hydrogen) atoms. The molecule has 0 saturated carbocycles. The number of imide groups is 1. The Bertz CT molecular complexity index is 1250. The van der Waals surface area contributed by atoms with Crippen LogP contribution in [0.2, 0.25) is 0 Å². The number of carbonyl (C=O) groups is 3. The van der Waals surface area contributed by atoms with E-state index in [2.05, 4.69) is 20.6 Å². The van der Waals surface area contributed by atoms with Gasteiger partial charge >= 0.3 is 0 Å². The van der Waals surface area contributed by atoms with Gasteiger partial charge in [-0.25, -0.2) is 9.97 Å². The summed E-state index contributed by atoms with van der Waals surface area (Å²) in [6.45, 7) is 1.61. The second-order valence-corrected chi connectivity index (χ2v) is 7.79. The molecule has 154 valence electrons. The molecule has 10 nitrogen and oxygen atoms in total. The fraction of sp³-hybridized carbons (Fsp3) is 0.263. The summed E-state index contributed by atoms with van der Waals surface area (Å²) in [5.41, 5.74) is 6.45. The molecule has 0 spiro atoms. The zero-order valence-corrected chi connectivity index (χ0v) is 16.8. The van der Waals surface area contributed by atoms with Crippen molar-refractivity contribution in [1.82, 2.24) is 19.9 Å². The molecule has 1 unspecified atom stereocenters. The van der Waals surface area contributed by atoms with E-state index in [1.165, 1.54) is 15.9 Å². The molecule has 0 radical (unpaired) electrons. The number of nitrogens with zero attached hydrogens (tertiary/aromatic N) is 3. The van der Waals surface area contributed by atoms with Crippen LogP contribution in [0.1, 0.15) is 30.4 Å². The molecule has 1 aliphatic rings. The van der Waals surface area contributed by atoms with Crippen LogP contribution in [0, 0.1) is 6.92 Å². The third-order valence-electron chi connectivity index (χ3n) is 4.81. The molecule has 0 bridgehead atoms. The Kier molecular flexibility index (Phi) is 5.04. The maximum atomic E-state index is 13.1. The van der Waals surface area contributed by atoms with Gasteiger partial charge in [0.2, 0.25) is 17.7 Å². The number of nitrogens with two attached hydrogens (primary N) is 1. The number of anilines is 2. The van der Waals surface area contributed by atoms with Crippen molar-refractivity contribution in [2.45, 2.75) is 32.2 Å². The van der Waals surface area contributed by atoms with Gasteiger partial charge in [-0.2, -0.15) is 0 Å². The van der Waals surface area contributed by atoms with Crippen LogP contribution in [0.25, 0.3) is 10.9 Å². The molecule has 0 aliphatic carbocycles. The minimum atomic E-state index is -0.805. The molecule has 2 aromatic heterocycles. The van der Waals surface area contributed by atoms with Gasteiger partial charge < -0.3 is 11.1 Å². The molecule has 3 aromatic rings. The third kappa shape index (κ3) is 3.66. The first-order chi connectivity index (χ1) is 14.3. The van der Waals surface area contributed by atoms with Crippen LogP contribution in [-0.2, 0) is 20.8 Å². The van der Waals surface area contributed by atoms with Crippen molar-refractivity contribution in [1.29, 1.82) is 0 Å². The predicted molar refractivity (Wildman–Crippen MR) is 111 cm³/mol. The van der Waals surface area contributed by atoms with E-state index < -0.39 is 17.5 Å². The lowest BCUT2D eigenvalue weighted by atomic mass is 10.1. The highest BCUT2D eigenvalue weighted by atomic mass is 32.1. The van der Waals surface area contributed by atoms with Gasteiger partial charge in [-0.15, -0.1) is 11.3 Å². The highest BCUT2D eigenvalue weighted by Crippen LogP contribution is 2.23. The van der Waals surface area contributed by atoms with Crippen LogP contribution < -0.4 is 21.9 Å². The topological polar surface area (TPSA) is 149 Å². The Morgan fingerprint density at radius 1 is 1.33 bits per heavy atom. The fourth-order valence-electron chi connectivity index (χ4n) is 3.49. The Morgan fingerprint density at radius 2 is 2.13 bits per heavy atom. The van der Waals surface area contributed by atoms with Gasteiger partial charge in [0.05, 0.1) is 23.2 Å². The van der Waals surface area contributed by atoms with Crippen LogP contribution in [0.4, 0.5) is 10.8 Å². The molecular formula is C19H18N6O4S. The van der Waals surface area contributed by atoms with Crippen molar-refractivity contribution in [3.05, 3.63) is 45.5 Å². The Morgan fingerprint density at radius 3 is 2.83 bits per heavy atom. The van der Waals surface area contributed by atoms with Gasteiger partial charge in [-0.3, -0.25) is 29.1 Å². The minimum absolute atomic E-state index is 0.0381. The first-order valence-electron chi connectivity index (χ1n) is 9.19. The quantitative estimate of drug-likeness (QED) is 0.525. The monoisotopic (exact) mass is 426 g/mol. The van der Waals surface area contributed by atoms with E-state index in [0.717, 1.165) is 0 Å². The molecule has 11 heteroatoms. The van der Waals surface area contributed by atoms with Gasteiger partial charge in [0.1, 0.15) is 17.4 Å². The summed E-state index contributed by atoms with van der Waals surface area (Å²) >= 11 is 1.25. The number of para-hydroxylation sites is 1. The maximum absolute atomic E-state index is 13.1. The van der Waals surface area contributed by atoms with E-state index >= 15 is 0 Å². The summed E-state index contributed by atoms with van der Waals surface area (Å²) in [7, 11) is 0. The molecule has 1 atom stereocenters. The number of hydrogen-bond donors (Lipinski definition) is 3. The Balaban J connectivity index is 1.68. The number of piperidine rings is 1. The maximum Gasteiger partial charge on any atom is 0.262 e. The number of hydrogen-bond acceptors (Lipinski definition) is 8. The summed E-state index contributed by atoms with van der Waals surface area (Å²) in [5.74, 6) is -0.885. The van der Waals surface area contributed by atoms with Crippen molar-refractivity contribution >= 4 is 50.8 Å². The summed E-state index contributed by atoms with van der Waals surface area (Å²) in [6.07, 6.45) is 0.416. The van der Waals surface area contributed by atoms with E-state index in [-0.39, 0.29) is 36.5 Å². The molecule has 1 fully saturated rings. The number of carbonyl (C=O) groups excluding carboxylic acids is 3. The number of benzene rings is 1. The lowest BCUT2D eigenvalue weighted by Crippen LogP contribution is -2.45. The van der Waals surface area contributed by atoms with Crippen LogP contribution in [0.3, 0.4) is 0 Å². The van der Waals surface area contributed by atoms with Gasteiger partial charge in [0, 0.05) is 11.8 Å². The summed E-state index contributed by atoms with van der Waals surface area (Å²) in [5, 5.41) is 7.37. The lowest BCUT2D eigenvalue weighted by molar-refractivity contribution is -0.135. The fourth-order valence-corrected chi connectivity index (χ4v) is 4.05. The first kappa shape index (κ1) is 19.7. The van der Waals surface area contributed by atoms with Crippen molar-refractivity contribution in [3.63, 3.8) is 0 Å². The van der Waals surface area contributed by atoms with Gasteiger partial charge in [-0.05, 0) is 25.5 Å². The minimum Gasteiger partial charge on any atom is -0.375 e. The zero-order valence-electron chi connectivity index (χ0n) is 16.0. The van der Waals surface area contributed by atoms with Gasteiger partial charge in [0.15, 0.2) is 5.13 Å². The Hall–Kier alpha value is -3.60. The first-order valence-corrected chi connectivity index (χ1v) is 10.1. The number of amides is 3. The normalized spacial score (nSPS) is 16.5. The molecule has 1 aliphatic heterocycles. The predicted octanol–water partition coefficient (Wildman–Crippen LogP) is 0.903. The number of nitrogen functional groups attached to an aromatic ring is 1. The Labute approximate surface area is 174 Å². The van der Waals surface area contributed by atoms with E-state index in [4.69, 9.17) is 5.73 Å². The summed E-state index contributed by atoms with van der Waals surface area (Å²) < 4.78 is 1.30. The van der Waals surface area contributed by atoms with Crippen LogP contribution in [0.15, 0.2) is 28.4 Å². The van der Waals surface area contributed by atoms with E-state index in [1.807, 2.05) is 0 Å². The van der Waals surface area contributed by atoms with Crippen LogP contribution >= 0.6 is 11.3 Å². The third-order valence-corrected chi connectivity index (χ3v) is 5.54. The zero-order chi connectivity index (χ0) is 21.4. The van der Waals surface area contributed by atoms with Gasteiger partial charge in [-0.1, -0.05) is 6.07 Å². The molecule has 3 heterocycles. The van der Waals surface area contributed by atoms with Crippen molar-refractivity contribution in [2.24, 2.45) is 0 Å². The van der Waals surface area contributed by atoms with Crippen molar-refractivity contribution in [2.75, 3.05) is 11.1 Å². The number of aryl methyl sites for hydroxylation is 1. The molecular weight excluding hydrogens is 408 g/mol. The molecule has 4 N–H and O–H groups in total. The lowest BCUT2D eigenvalue weighted by Gasteiger charge is -2.24.